The van der Waals surface area contributed by atoms with Crippen molar-refractivity contribution in [2.24, 2.45) is 5.92 Å². The lowest BCUT2D eigenvalue weighted by Crippen LogP contribution is -2.38. The average Bonchev–Trinajstić information content (AvgIpc) is 2.60. The van der Waals surface area contributed by atoms with Gasteiger partial charge in [-0.2, -0.15) is 0 Å². The molecular weight excluding hydrogens is 298 g/mol. The highest BCUT2D eigenvalue weighted by Gasteiger charge is 2.22. The minimum atomic E-state index is 0.0418. The van der Waals surface area contributed by atoms with Crippen molar-refractivity contribution in [2.45, 2.75) is 33.6 Å². The third-order valence-electron chi connectivity index (χ3n) is 4.94. The van der Waals surface area contributed by atoms with Crippen molar-refractivity contribution < 1.29 is 4.79 Å². The van der Waals surface area contributed by atoms with Gasteiger partial charge in [0.1, 0.15) is 5.69 Å². The van der Waals surface area contributed by atoms with Gasteiger partial charge >= 0.3 is 0 Å². The number of carbonyl (C=O) groups is 1. The third-order valence-corrected chi connectivity index (χ3v) is 4.94. The first-order valence-corrected chi connectivity index (χ1v) is 8.63. The van der Waals surface area contributed by atoms with Crippen LogP contribution in [0.4, 0.5) is 11.4 Å². The van der Waals surface area contributed by atoms with Gasteiger partial charge in [-0.3, -0.25) is 4.79 Å². The highest BCUT2D eigenvalue weighted by atomic mass is 16.2. The third kappa shape index (κ3) is 3.58. The SMILES string of the molecule is Cc1cccc(Nc2ccc(C(=O)N3CCC(C)CC3)nc2)c1C. The molecule has 24 heavy (non-hydrogen) atoms. The van der Waals surface area contributed by atoms with E-state index in [0.717, 1.165) is 37.3 Å². The fraction of sp³-hybridized carbons (Fsp3) is 0.400. The number of amides is 1. The van der Waals surface area contributed by atoms with Crippen LogP contribution in [0.2, 0.25) is 0 Å². The molecule has 0 spiro atoms. The number of rotatable bonds is 3. The predicted molar refractivity (Wildman–Crippen MR) is 97.7 cm³/mol. The number of benzene rings is 1. The lowest BCUT2D eigenvalue weighted by atomic mass is 9.99. The molecule has 0 bridgehead atoms. The Kier molecular flexibility index (Phi) is 4.84. The summed E-state index contributed by atoms with van der Waals surface area (Å²) >= 11 is 0. The van der Waals surface area contributed by atoms with Crippen molar-refractivity contribution >= 4 is 17.3 Å². The summed E-state index contributed by atoms with van der Waals surface area (Å²) in [5, 5.41) is 3.38. The molecule has 0 radical (unpaired) electrons. The lowest BCUT2D eigenvalue weighted by molar-refractivity contribution is 0.0691. The molecule has 0 saturated carbocycles. The Balaban J connectivity index is 1.69. The molecule has 1 aliphatic rings. The molecule has 0 atom stereocenters. The second-order valence-corrected chi connectivity index (χ2v) is 6.78. The summed E-state index contributed by atoms with van der Waals surface area (Å²) in [4.78, 5) is 18.8. The quantitative estimate of drug-likeness (QED) is 0.915. The fourth-order valence-electron chi connectivity index (χ4n) is 3.01. The lowest BCUT2D eigenvalue weighted by Gasteiger charge is -2.30. The molecule has 3 rings (SSSR count). The van der Waals surface area contributed by atoms with Crippen molar-refractivity contribution in [1.29, 1.82) is 0 Å². The highest BCUT2D eigenvalue weighted by Crippen LogP contribution is 2.23. The van der Waals surface area contributed by atoms with E-state index in [-0.39, 0.29) is 5.91 Å². The molecule has 1 N–H and O–H groups in total. The molecule has 2 aromatic rings. The number of hydrogen-bond acceptors (Lipinski definition) is 3. The van der Waals surface area contributed by atoms with E-state index in [1.165, 1.54) is 11.1 Å². The van der Waals surface area contributed by atoms with Gasteiger partial charge < -0.3 is 10.2 Å². The summed E-state index contributed by atoms with van der Waals surface area (Å²) in [5.41, 5.74) is 4.96. The maximum atomic E-state index is 12.5. The van der Waals surface area contributed by atoms with Crippen LogP contribution in [-0.4, -0.2) is 28.9 Å². The Bertz CT molecular complexity index is 716. The van der Waals surface area contributed by atoms with Gasteiger partial charge in [0.05, 0.1) is 11.9 Å². The van der Waals surface area contributed by atoms with Crippen LogP contribution in [0, 0.1) is 19.8 Å². The number of piperidine rings is 1. The van der Waals surface area contributed by atoms with E-state index in [1.807, 2.05) is 23.1 Å². The minimum absolute atomic E-state index is 0.0418. The zero-order chi connectivity index (χ0) is 17.1. The summed E-state index contributed by atoms with van der Waals surface area (Å²) in [7, 11) is 0. The number of nitrogens with one attached hydrogen (secondary N) is 1. The van der Waals surface area contributed by atoms with Crippen LogP contribution in [0.25, 0.3) is 0 Å². The van der Waals surface area contributed by atoms with E-state index in [4.69, 9.17) is 0 Å². The fourth-order valence-corrected chi connectivity index (χ4v) is 3.01. The molecule has 1 saturated heterocycles. The molecule has 1 aliphatic heterocycles. The van der Waals surface area contributed by atoms with E-state index in [1.54, 1.807) is 6.20 Å². The van der Waals surface area contributed by atoms with E-state index >= 15 is 0 Å². The zero-order valence-corrected chi connectivity index (χ0v) is 14.7. The standard InChI is InChI=1S/C20H25N3O/c1-14-9-11-23(12-10-14)20(24)19-8-7-17(13-21-19)22-18-6-4-5-15(2)16(18)3/h4-8,13-14,22H,9-12H2,1-3H3. The number of aryl methyl sites for hydroxylation is 1. The second-order valence-electron chi connectivity index (χ2n) is 6.78. The van der Waals surface area contributed by atoms with E-state index < -0.39 is 0 Å². The maximum Gasteiger partial charge on any atom is 0.272 e. The van der Waals surface area contributed by atoms with Crippen LogP contribution >= 0.6 is 0 Å². The largest absolute Gasteiger partial charge is 0.354 e. The van der Waals surface area contributed by atoms with Gasteiger partial charge in [-0.15, -0.1) is 0 Å². The van der Waals surface area contributed by atoms with Crippen LogP contribution in [0.1, 0.15) is 41.4 Å². The molecule has 1 aromatic heterocycles. The van der Waals surface area contributed by atoms with E-state index in [0.29, 0.717) is 11.6 Å². The van der Waals surface area contributed by atoms with Gasteiger partial charge in [0.2, 0.25) is 0 Å². The number of nitrogens with zero attached hydrogens (tertiary/aromatic N) is 2. The highest BCUT2D eigenvalue weighted by molar-refractivity contribution is 5.92. The van der Waals surface area contributed by atoms with Crippen LogP contribution in [0.3, 0.4) is 0 Å². The molecule has 1 fully saturated rings. The Morgan fingerprint density at radius 1 is 1.17 bits per heavy atom. The molecule has 1 amide bonds. The molecule has 2 heterocycles. The zero-order valence-electron chi connectivity index (χ0n) is 14.7. The van der Waals surface area contributed by atoms with Gasteiger partial charge in [0.15, 0.2) is 0 Å². The van der Waals surface area contributed by atoms with Gasteiger partial charge in [-0.25, -0.2) is 4.98 Å². The Hall–Kier alpha value is -2.36. The smallest absolute Gasteiger partial charge is 0.272 e. The number of hydrogen-bond donors (Lipinski definition) is 1. The Morgan fingerprint density at radius 2 is 1.92 bits per heavy atom. The van der Waals surface area contributed by atoms with E-state index in [9.17, 15) is 4.79 Å². The van der Waals surface area contributed by atoms with Gasteiger partial charge in [0.25, 0.3) is 5.91 Å². The summed E-state index contributed by atoms with van der Waals surface area (Å²) < 4.78 is 0. The molecule has 4 heteroatoms. The van der Waals surface area contributed by atoms with Crippen molar-refractivity contribution in [2.75, 3.05) is 18.4 Å². The first-order valence-electron chi connectivity index (χ1n) is 8.63. The monoisotopic (exact) mass is 323 g/mol. The number of aromatic nitrogens is 1. The first-order chi connectivity index (χ1) is 11.5. The summed E-state index contributed by atoms with van der Waals surface area (Å²) in [6, 6.07) is 9.92. The molecule has 0 unspecified atom stereocenters. The van der Waals surface area contributed by atoms with Crippen molar-refractivity contribution in [3.05, 3.63) is 53.3 Å². The van der Waals surface area contributed by atoms with Gasteiger partial charge in [-0.05, 0) is 61.9 Å². The van der Waals surface area contributed by atoms with Crippen molar-refractivity contribution in [3.63, 3.8) is 0 Å². The van der Waals surface area contributed by atoms with E-state index in [2.05, 4.69) is 43.2 Å². The molecular formula is C20H25N3O. The molecule has 126 valence electrons. The second kappa shape index (κ2) is 7.04. The summed E-state index contributed by atoms with van der Waals surface area (Å²) in [6.45, 7) is 8.11. The molecule has 0 aliphatic carbocycles. The molecule has 1 aromatic carbocycles. The predicted octanol–water partition coefficient (Wildman–Crippen LogP) is 4.31. The number of carbonyl (C=O) groups excluding carboxylic acids is 1. The number of anilines is 2. The summed E-state index contributed by atoms with van der Waals surface area (Å²) in [5.74, 6) is 0.756. The topological polar surface area (TPSA) is 45.2 Å². The number of likely N-dealkylation sites (tertiary alicyclic amines) is 1. The van der Waals surface area contributed by atoms with Crippen LogP contribution in [-0.2, 0) is 0 Å². The molecule has 4 nitrogen and oxygen atoms in total. The minimum Gasteiger partial charge on any atom is -0.354 e. The number of pyridine rings is 1. The normalized spacial score (nSPS) is 15.4. The van der Waals surface area contributed by atoms with Crippen LogP contribution in [0.15, 0.2) is 36.5 Å². The van der Waals surface area contributed by atoms with Gasteiger partial charge in [0, 0.05) is 18.8 Å². The van der Waals surface area contributed by atoms with Crippen LogP contribution in [0.5, 0.6) is 0 Å². The average molecular weight is 323 g/mol. The Morgan fingerprint density at radius 3 is 2.58 bits per heavy atom. The first kappa shape index (κ1) is 16.5. The summed E-state index contributed by atoms with van der Waals surface area (Å²) in [6.07, 6.45) is 3.90. The maximum absolute atomic E-state index is 12.5. The van der Waals surface area contributed by atoms with Crippen LogP contribution < -0.4 is 5.32 Å². The van der Waals surface area contributed by atoms with Crippen molar-refractivity contribution in [3.8, 4) is 0 Å². The van der Waals surface area contributed by atoms with Crippen molar-refractivity contribution in [1.82, 2.24) is 9.88 Å². The Labute approximate surface area is 143 Å². The van der Waals surface area contributed by atoms with Gasteiger partial charge in [-0.1, -0.05) is 19.1 Å².